The smallest absolute Gasteiger partial charge is 0.191 e. The molecule has 2 N–H and O–H groups in total. The van der Waals surface area contributed by atoms with Crippen LogP contribution in [0.15, 0.2) is 16.4 Å². The monoisotopic (exact) mass is 435 g/mol. The summed E-state index contributed by atoms with van der Waals surface area (Å²) in [6, 6.07) is 2.18. The van der Waals surface area contributed by atoms with Gasteiger partial charge in [-0.25, -0.2) is 4.99 Å². The van der Waals surface area contributed by atoms with Crippen LogP contribution in [-0.2, 0) is 16.8 Å². The third-order valence-corrected chi connectivity index (χ3v) is 5.52. The van der Waals surface area contributed by atoms with E-state index in [1.807, 2.05) is 11.3 Å². The molecule has 1 aromatic heterocycles. The normalized spacial score (nSPS) is 26.0. The molecule has 0 spiro atoms. The van der Waals surface area contributed by atoms with Crippen molar-refractivity contribution >= 4 is 41.3 Å². The van der Waals surface area contributed by atoms with Gasteiger partial charge < -0.3 is 15.4 Å². The molecule has 6 heteroatoms. The average molecular weight is 435 g/mol. The Morgan fingerprint density at radius 1 is 1.36 bits per heavy atom. The highest BCUT2D eigenvalue weighted by molar-refractivity contribution is 14.0. The Kier molecular flexibility index (Phi) is 6.52. The molecule has 0 saturated carbocycles. The van der Waals surface area contributed by atoms with Gasteiger partial charge in [0.1, 0.15) is 5.60 Å². The fourth-order valence-corrected chi connectivity index (χ4v) is 4.20. The predicted molar refractivity (Wildman–Crippen MR) is 103 cm³/mol. The van der Waals surface area contributed by atoms with Gasteiger partial charge in [-0.1, -0.05) is 12.8 Å². The van der Waals surface area contributed by atoms with E-state index in [0.29, 0.717) is 12.5 Å². The summed E-state index contributed by atoms with van der Waals surface area (Å²) >= 11 is 1.82. The average Bonchev–Trinajstić information content (AvgIpc) is 2.81. The Morgan fingerprint density at radius 3 is 2.82 bits per heavy atom. The van der Waals surface area contributed by atoms with Crippen LogP contribution in [0.25, 0.3) is 0 Å². The molecule has 0 aliphatic carbocycles. The van der Waals surface area contributed by atoms with Crippen LogP contribution in [0.2, 0.25) is 0 Å². The second-order valence-corrected chi connectivity index (χ2v) is 7.16. The molecular weight excluding hydrogens is 409 g/mol. The summed E-state index contributed by atoms with van der Waals surface area (Å²) in [6.45, 7) is 5.60. The van der Waals surface area contributed by atoms with Gasteiger partial charge >= 0.3 is 0 Å². The quantitative estimate of drug-likeness (QED) is 0.441. The van der Waals surface area contributed by atoms with Crippen LogP contribution in [0, 0.1) is 0 Å². The minimum Gasteiger partial charge on any atom is -0.370 e. The molecule has 3 rings (SSSR count). The summed E-state index contributed by atoms with van der Waals surface area (Å²) in [7, 11) is 0. The van der Waals surface area contributed by atoms with Crippen molar-refractivity contribution in [1.29, 1.82) is 0 Å². The van der Waals surface area contributed by atoms with Crippen molar-refractivity contribution in [3.63, 3.8) is 0 Å². The van der Waals surface area contributed by atoms with Crippen molar-refractivity contribution in [2.45, 2.75) is 44.6 Å². The lowest BCUT2D eigenvalue weighted by Gasteiger charge is -2.33. The number of fused-ring (bicyclic) bond motifs is 1. The molecule has 124 valence electrons. The number of hydrogen-bond acceptors (Lipinski definition) is 3. The van der Waals surface area contributed by atoms with E-state index < -0.39 is 0 Å². The highest BCUT2D eigenvalue weighted by atomic mass is 127. The first-order chi connectivity index (χ1) is 10.2. The summed E-state index contributed by atoms with van der Waals surface area (Å²) in [5.41, 5.74) is 7.19. The number of thiophene rings is 1. The van der Waals surface area contributed by atoms with Crippen molar-refractivity contribution in [2.24, 2.45) is 10.7 Å². The minimum atomic E-state index is -0.315. The van der Waals surface area contributed by atoms with Crippen molar-refractivity contribution in [3.05, 3.63) is 21.9 Å². The molecule has 1 aromatic rings. The maximum Gasteiger partial charge on any atom is 0.191 e. The zero-order valence-corrected chi connectivity index (χ0v) is 16.4. The first kappa shape index (κ1) is 18.0. The van der Waals surface area contributed by atoms with Gasteiger partial charge in [-0.15, -0.1) is 35.3 Å². The number of aliphatic imine (C=N–C) groups is 1. The van der Waals surface area contributed by atoms with Gasteiger partial charge in [0.2, 0.25) is 0 Å². The molecule has 0 radical (unpaired) electrons. The number of guanidine groups is 1. The zero-order chi connectivity index (χ0) is 14.7. The maximum atomic E-state index is 6.21. The molecular formula is C16H26IN3OS. The summed E-state index contributed by atoms with van der Waals surface area (Å²) in [5.74, 6) is 0.684. The standard InChI is InChI=1S/C16H25N3OS.HI/c1-16(13-7-11-21-14(13)6-10-20-16)12-18-15(17)19-8-4-2-3-5-9-19;/h7,11H,2-6,8-10,12H2,1H3,(H2,17,18);1H. The second kappa shape index (κ2) is 7.97. The van der Waals surface area contributed by atoms with Crippen LogP contribution < -0.4 is 5.73 Å². The Balaban J connectivity index is 0.00000176. The number of rotatable bonds is 2. The molecule has 3 heterocycles. The third-order valence-electron chi connectivity index (χ3n) is 4.54. The zero-order valence-electron chi connectivity index (χ0n) is 13.2. The molecule has 2 aliphatic heterocycles. The highest BCUT2D eigenvalue weighted by Gasteiger charge is 2.34. The number of nitrogens with two attached hydrogens (primary N) is 1. The molecule has 1 atom stereocenters. The largest absolute Gasteiger partial charge is 0.370 e. The Morgan fingerprint density at radius 2 is 2.09 bits per heavy atom. The van der Waals surface area contributed by atoms with Gasteiger partial charge in [-0.05, 0) is 36.8 Å². The fraction of sp³-hybridized carbons (Fsp3) is 0.688. The van der Waals surface area contributed by atoms with Gasteiger partial charge in [0.25, 0.3) is 0 Å². The first-order valence-corrected chi connectivity index (χ1v) is 8.83. The number of ether oxygens (including phenoxy) is 1. The predicted octanol–water partition coefficient (Wildman–Crippen LogP) is 3.34. The lowest BCUT2D eigenvalue weighted by Crippen LogP contribution is -2.40. The van der Waals surface area contributed by atoms with Crippen LogP contribution >= 0.6 is 35.3 Å². The molecule has 0 amide bonds. The fourth-order valence-electron chi connectivity index (χ4n) is 3.21. The van der Waals surface area contributed by atoms with Crippen LogP contribution in [0.1, 0.15) is 43.0 Å². The van der Waals surface area contributed by atoms with Crippen molar-refractivity contribution in [3.8, 4) is 0 Å². The third kappa shape index (κ3) is 3.94. The number of likely N-dealkylation sites (tertiary alicyclic amines) is 1. The molecule has 0 aromatic carbocycles. The highest BCUT2D eigenvalue weighted by Crippen LogP contribution is 2.36. The number of halogens is 1. The molecule has 1 saturated heterocycles. The van der Waals surface area contributed by atoms with Gasteiger partial charge in [0.15, 0.2) is 5.96 Å². The van der Waals surface area contributed by atoms with E-state index in [1.165, 1.54) is 36.1 Å². The number of hydrogen-bond donors (Lipinski definition) is 1. The van der Waals surface area contributed by atoms with E-state index in [4.69, 9.17) is 10.5 Å². The second-order valence-electron chi connectivity index (χ2n) is 6.16. The van der Waals surface area contributed by atoms with E-state index in [2.05, 4.69) is 28.3 Å². The summed E-state index contributed by atoms with van der Waals surface area (Å²) in [5, 5.41) is 2.15. The van der Waals surface area contributed by atoms with Crippen molar-refractivity contribution < 1.29 is 4.74 Å². The Bertz CT molecular complexity index is 511. The van der Waals surface area contributed by atoms with Gasteiger partial charge in [-0.3, -0.25) is 0 Å². The van der Waals surface area contributed by atoms with Crippen LogP contribution in [0.4, 0.5) is 0 Å². The van der Waals surface area contributed by atoms with Gasteiger partial charge in [0.05, 0.1) is 13.2 Å². The summed E-state index contributed by atoms with van der Waals surface area (Å²) < 4.78 is 6.04. The lowest BCUT2D eigenvalue weighted by molar-refractivity contribution is -0.0376. The first-order valence-electron chi connectivity index (χ1n) is 7.95. The Hall–Kier alpha value is -0.340. The van der Waals surface area contributed by atoms with Crippen molar-refractivity contribution in [1.82, 2.24) is 4.90 Å². The molecule has 22 heavy (non-hydrogen) atoms. The van der Waals surface area contributed by atoms with E-state index >= 15 is 0 Å². The Labute approximate surface area is 154 Å². The number of nitrogens with zero attached hydrogens (tertiary/aromatic N) is 2. The minimum absolute atomic E-state index is 0. The maximum absolute atomic E-state index is 6.21. The molecule has 4 nitrogen and oxygen atoms in total. The SMILES string of the molecule is CC1(CN=C(N)N2CCCCCC2)OCCc2sccc21.I. The van der Waals surface area contributed by atoms with Gasteiger partial charge in [-0.2, -0.15) is 0 Å². The molecule has 1 unspecified atom stereocenters. The van der Waals surface area contributed by atoms with E-state index in [9.17, 15) is 0 Å². The van der Waals surface area contributed by atoms with Crippen molar-refractivity contribution in [2.75, 3.05) is 26.2 Å². The van der Waals surface area contributed by atoms with E-state index in [0.717, 1.165) is 26.1 Å². The van der Waals surface area contributed by atoms with Gasteiger partial charge in [0, 0.05) is 24.4 Å². The van der Waals surface area contributed by atoms with Crippen LogP contribution in [0.5, 0.6) is 0 Å². The summed E-state index contributed by atoms with van der Waals surface area (Å²) in [4.78, 5) is 8.33. The molecule has 0 bridgehead atoms. The van der Waals surface area contributed by atoms with E-state index in [1.54, 1.807) is 0 Å². The van der Waals surface area contributed by atoms with Crippen LogP contribution in [-0.4, -0.2) is 37.1 Å². The molecule has 2 aliphatic rings. The lowest BCUT2D eigenvalue weighted by atomic mass is 9.93. The van der Waals surface area contributed by atoms with E-state index in [-0.39, 0.29) is 29.6 Å². The molecule has 1 fully saturated rings. The topological polar surface area (TPSA) is 50.8 Å². The van der Waals surface area contributed by atoms with Crippen LogP contribution in [0.3, 0.4) is 0 Å². The summed E-state index contributed by atoms with van der Waals surface area (Å²) in [6.07, 6.45) is 6.08.